The Hall–Kier alpha value is -1.18. The minimum Gasteiger partial charge on any atom is -0.379 e. The molecule has 7 heteroatoms. The van der Waals surface area contributed by atoms with Crippen molar-refractivity contribution in [3.8, 4) is 0 Å². The van der Waals surface area contributed by atoms with Crippen LogP contribution in [-0.2, 0) is 14.9 Å². The SMILES string of the molecule is O=S(=O)(Nc1ccccc1F)N1CCOCC1. The lowest BCUT2D eigenvalue weighted by molar-refractivity contribution is 0.0733. The molecule has 0 bridgehead atoms. The van der Waals surface area contributed by atoms with Crippen LogP contribution >= 0.6 is 0 Å². The molecule has 1 N–H and O–H groups in total. The van der Waals surface area contributed by atoms with Gasteiger partial charge in [-0.2, -0.15) is 12.7 Å². The Bertz CT molecular complexity index is 486. The van der Waals surface area contributed by atoms with Gasteiger partial charge >= 0.3 is 10.2 Å². The Morgan fingerprint density at radius 2 is 1.88 bits per heavy atom. The van der Waals surface area contributed by atoms with Gasteiger partial charge in [-0.1, -0.05) is 12.1 Å². The number of nitrogens with one attached hydrogen (secondary N) is 1. The van der Waals surface area contributed by atoms with Gasteiger partial charge in [-0.05, 0) is 12.1 Å². The molecular formula is C10H13FN2O3S. The molecule has 0 amide bonds. The van der Waals surface area contributed by atoms with Crippen molar-refractivity contribution in [2.24, 2.45) is 0 Å². The third-order valence-corrected chi connectivity index (χ3v) is 3.95. The van der Waals surface area contributed by atoms with E-state index in [1.54, 1.807) is 6.07 Å². The molecule has 17 heavy (non-hydrogen) atoms. The van der Waals surface area contributed by atoms with Crippen molar-refractivity contribution in [2.45, 2.75) is 0 Å². The van der Waals surface area contributed by atoms with Gasteiger partial charge in [0.1, 0.15) is 5.82 Å². The molecule has 94 valence electrons. The maximum absolute atomic E-state index is 13.3. The summed E-state index contributed by atoms with van der Waals surface area (Å²) in [6.07, 6.45) is 0. The largest absolute Gasteiger partial charge is 0.379 e. The summed E-state index contributed by atoms with van der Waals surface area (Å²) in [6.45, 7) is 1.28. The lowest BCUT2D eigenvalue weighted by Crippen LogP contribution is -2.43. The van der Waals surface area contributed by atoms with Crippen LogP contribution in [0.25, 0.3) is 0 Å². The van der Waals surface area contributed by atoms with E-state index >= 15 is 0 Å². The van der Waals surface area contributed by atoms with E-state index in [2.05, 4.69) is 4.72 Å². The summed E-state index contributed by atoms with van der Waals surface area (Å²) in [6, 6.07) is 5.66. The molecule has 0 saturated carbocycles. The summed E-state index contributed by atoms with van der Waals surface area (Å²) in [5.74, 6) is -0.593. The molecule has 1 aromatic carbocycles. The highest BCUT2D eigenvalue weighted by Crippen LogP contribution is 2.16. The summed E-state index contributed by atoms with van der Waals surface area (Å²) in [5, 5.41) is 0. The number of morpholine rings is 1. The third kappa shape index (κ3) is 2.93. The van der Waals surface area contributed by atoms with Gasteiger partial charge in [0.2, 0.25) is 0 Å². The second kappa shape index (κ2) is 4.99. The molecule has 0 unspecified atom stereocenters. The first-order valence-corrected chi connectivity index (χ1v) is 6.64. The van der Waals surface area contributed by atoms with Crippen molar-refractivity contribution in [1.82, 2.24) is 4.31 Å². The van der Waals surface area contributed by atoms with E-state index in [9.17, 15) is 12.8 Å². The van der Waals surface area contributed by atoms with E-state index < -0.39 is 16.0 Å². The van der Waals surface area contributed by atoms with E-state index in [1.165, 1.54) is 22.5 Å². The lowest BCUT2D eigenvalue weighted by atomic mass is 10.3. The number of hydrogen-bond donors (Lipinski definition) is 1. The molecule has 1 heterocycles. The van der Waals surface area contributed by atoms with E-state index in [0.29, 0.717) is 13.2 Å². The Morgan fingerprint density at radius 1 is 1.24 bits per heavy atom. The zero-order chi connectivity index (χ0) is 12.3. The van der Waals surface area contributed by atoms with Gasteiger partial charge in [0, 0.05) is 13.1 Å². The molecule has 0 spiro atoms. The van der Waals surface area contributed by atoms with Crippen LogP contribution in [0, 0.1) is 5.82 Å². The highest BCUT2D eigenvalue weighted by Gasteiger charge is 2.24. The predicted octanol–water partition coefficient (Wildman–Crippen LogP) is 0.815. The first kappa shape index (κ1) is 12.3. The van der Waals surface area contributed by atoms with E-state index in [0.717, 1.165) is 0 Å². The fourth-order valence-electron chi connectivity index (χ4n) is 1.53. The van der Waals surface area contributed by atoms with Crippen LogP contribution in [0.15, 0.2) is 24.3 Å². The quantitative estimate of drug-likeness (QED) is 0.875. The normalized spacial score (nSPS) is 17.9. The molecule has 1 saturated heterocycles. The van der Waals surface area contributed by atoms with Crippen LogP contribution in [0.4, 0.5) is 10.1 Å². The van der Waals surface area contributed by atoms with Crippen LogP contribution in [0.1, 0.15) is 0 Å². The molecule has 0 aromatic heterocycles. The Kier molecular flexibility index (Phi) is 3.60. The highest BCUT2D eigenvalue weighted by molar-refractivity contribution is 7.90. The zero-order valence-corrected chi connectivity index (χ0v) is 9.91. The average molecular weight is 260 g/mol. The lowest BCUT2D eigenvalue weighted by Gasteiger charge is -2.26. The predicted molar refractivity (Wildman–Crippen MR) is 61.3 cm³/mol. The van der Waals surface area contributed by atoms with Crippen molar-refractivity contribution in [3.63, 3.8) is 0 Å². The third-order valence-electron chi connectivity index (χ3n) is 2.42. The van der Waals surface area contributed by atoms with Gasteiger partial charge in [0.15, 0.2) is 0 Å². The fourth-order valence-corrected chi connectivity index (χ4v) is 2.74. The highest BCUT2D eigenvalue weighted by atomic mass is 32.2. The number of halogens is 1. The number of hydrogen-bond acceptors (Lipinski definition) is 3. The van der Waals surface area contributed by atoms with Crippen LogP contribution < -0.4 is 4.72 Å². The second-order valence-electron chi connectivity index (χ2n) is 3.60. The summed E-state index contributed by atoms with van der Waals surface area (Å²) in [7, 11) is -3.70. The Labute approximate surface area is 99.4 Å². The van der Waals surface area contributed by atoms with Crippen LogP contribution in [0.3, 0.4) is 0 Å². The maximum Gasteiger partial charge on any atom is 0.301 e. The van der Waals surface area contributed by atoms with Gasteiger partial charge in [0.05, 0.1) is 18.9 Å². The van der Waals surface area contributed by atoms with Gasteiger partial charge in [-0.3, -0.25) is 4.72 Å². The van der Waals surface area contributed by atoms with Crippen LogP contribution in [-0.4, -0.2) is 39.0 Å². The fraction of sp³-hybridized carbons (Fsp3) is 0.400. The van der Waals surface area contributed by atoms with Gasteiger partial charge in [-0.25, -0.2) is 4.39 Å². The molecule has 2 rings (SSSR count). The monoisotopic (exact) mass is 260 g/mol. The molecule has 5 nitrogen and oxygen atoms in total. The first-order chi connectivity index (χ1) is 8.09. The van der Waals surface area contributed by atoms with Crippen molar-refractivity contribution < 1.29 is 17.5 Å². The van der Waals surface area contributed by atoms with Crippen molar-refractivity contribution >= 4 is 15.9 Å². The van der Waals surface area contributed by atoms with E-state index in [4.69, 9.17) is 4.74 Å². The molecule has 1 aromatic rings. The summed E-state index contributed by atoms with van der Waals surface area (Å²) in [5.41, 5.74) is -0.0426. The number of nitrogens with zero attached hydrogens (tertiary/aromatic N) is 1. The zero-order valence-electron chi connectivity index (χ0n) is 9.10. The maximum atomic E-state index is 13.3. The van der Waals surface area contributed by atoms with Crippen molar-refractivity contribution in [1.29, 1.82) is 0 Å². The number of benzene rings is 1. The number of para-hydroxylation sites is 1. The van der Waals surface area contributed by atoms with Crippen LogP contribution in [0.5, 0.6) is 0 Å². The number of rotatable bonds is 3. The van der Waals surface area contributed by atoms with Gasteiger partial charge in [0.25, 0.3) is 0 Å². The average Bonchev–Trinajstić information content (AvgIpc) is 2.33. The standard InChI is InChI=1S/C10H13FN2O3S/c11-9-3-1-2-4-10(9)12-17(14,15)13-5-7-16-8-6-13/h1-4,12H,5-8H2. The molecule has 0 aliphatic carbocycles. The minimum absolute atomic E-state index is 0.0426. The Morgan fingerprint density at radius 3 is 2.53 bits per heavy atom. The molecule has 0 radical (unpaired) electrons. The van der Waals surface area contributed by atoms with Crippen molar-refractivity contribution in [3.05, 3.63) is 30.1 Å². The minimum atomic E-state index is -3.70. The number of anilines is 1. The summed E-state index contributed by atoms with van der Waals surface area (Å²) >= 11 is 0. The molecule has 0 atom stereocenters. The first-order valence-electron chi connectivity index (χ1n) is 5.20. The molecule has 1 aliphatic rings. The smallest absolute Gasteiger partial charge is 0.301 e. The van der Waals surface area contributed by atoms with E-state index in [-0.39, 0.29) is 18.8 Å². The molecule has 1 fully saturated rings. The van der Waals surface area contributed by atoms with Crippen molar-refractivity contribution in [2.75, 3.05) is 31.0 Å². The molecule has 1 aliphatic heterocycles. The summed E-state index contributed by atoms with van der Waals surface area (Å²) < 4.78 is 45.6. The van der Waals surface area contributed by atoms with E-state index in [1.807, 2.05) is 0 Å². The van der Waals surface area contributed by atoms with Crippen LogP contribution in [0.2, 0.25) is 0 Å². The van der Waals surface area contributed by atoms with Gasteiger partial charge in [-0.15, -0.1) is 0 Å². The Balaban J connectivity index is 2.14. The molecular weight excluding hydrogens is 247 g/mol. The van der Waals surface area contributed by atoms with Gasteiger partial charge < -0.3 is 4.74 Å². The second-order valence-corrected chi connectivity index (χ2v) is 5.27. The topological polar surface area (TPSA) is 58.6 Å². The summed E-state index contributed by atoms with van der Waals surface area (Å²) in [4.78, 5) is 0. The number of ether oxygens (including phenoxy) is 1.